The summed E-state index contributed by atoms with van der Waals surface area (Å²) < 4.78 is 13.0. The minimum Gasteiger partial charge on any atom is -0.349 e. The number of pyridine rings is 1. The maximum atomic E-state index is 13.0. The summed E-state index contributed by atoms with van der Waals surface area (Å²) in [5.41, 5.74) is 2.04. The van der Waals surface area contributed by atoms with Crippen LogP contribution >= 0.6 is 0 Å². The number of fused-ring (bicyclic) bond motifs is 2. The topological polar surface area (TPSA) is 62.3 Å². The van der Waals surface area contributed by atoms with Gasteiger partial charge in [0.1, 0.15) is 5.82 Å². The van der Waals surface area contributed by atoms with E-state index in [1.54, 1.807) is 12.4 Å². The number of carbonyl (C=O) groups excluding carboxylic acids is 2. The summed E-state index contributed by atoms with van der Waals surface area (Å²) in [6.07, 6.45) is 6.73. The number of hydrogen-bond donors (Lipinski definition) is 1. The van der Waals surface area contributed by atoms with E-state index in [9.17, 15) is 14.0 Å². The Balaban J connectivity index is 1.44. The lowest BCUT2D eigenvalue weighted by Crippen LogP contribution is -2.52. The summed E-state index contributed by atoms with van der Waals surface area (Å²) in [6, 6.07) is 7.70. The van der Waals surface area contributed by atoms with Gasteiger partial charge < -0.3 is 10.2 Å². The molecule has 2 amide bonds. The van der Waals surface area contributed by atoms with E-state index in [1.165, 1.54) is 24.3 Å². The quantitative estimate of drug-likeness (QED) is 0.907. The van der Waals surface area contributed by atoms with Crippen LogP contribution in [-0.2, 0) is 0 Å². The molecule has 1 N–H and O–H groups in total. The van der Waals surface area contributed by atoms with Gasteiger partial charge in [-0.2, -0.15) is 0 Å². The zero-order valence-electron chi connectivity index (χ0n) is 15.2. The number of rotatable bonds is 3. The van der Waals surface area contributed by atoms with Gasteiger partial charge in [-0.1, -0.05) is 0 Å². The molecule has 0 aliphatic carbocycles. The van der Waals surface area contributed by atoms with Gasteiger partial charge in [0, 0.05) is 36.1 Å². The molecule has 1 aromatic carbocycles. The molecule has 2 fully saturated rings. The number of nitrogens with one attached hydrogen (secondary N) is 1. The second-order valence-corrected chi connectivity index (χ2v) is 7.44. The molecular weight excluding hydrogens is 345 g/mol. The molecular formula is C21H22FN3O2. The van der Waals surface area contributed by atoms with Crippen LogP contribution in [0.4, 0.5) is 4.39 Å². The van der Waals surface area contributed by atoms with E-state index in [0.29, 0.717) is 11.1 Å². The molecule has 1 aromatic heterocycles. The monoisotopic (exact) mass is 367 g/mol. The second-order valence-electron chi connectivity index (χ2n) is 7.44. The standard InChI is InChI=1S/C21H22FN3O2/c1-13-8-9-23-12-19(13)21(27)25-17-6-7-18(25)11-16(10-17)24-20(26)14-2-4-15(22)5-3-14/h2-5,8-9,12,16-18H,6-7,10-11H2,1H3,(H,24,26)/t16?,17-,18+. The van der Waals surface area contributed by atoms with Gasteiger partial charge in [-0.15, -0.1) is 0 Å². The van der Waals surface area contributed by atoms with Crippen LogP contribution in [0, 0.1) is 12.7 Å². The molecule has 2 aliphatic rings. The Hall–Kier alpha value is -2.76. The molecule has 2 bridgehead atoms. The maximum Gasteiger partial charge on any atom is 0.256 e. The predicted molar refractivity (Wildman–Crippen MR) is 98.8 cm³/mol. The smallest absolute Gasteiger partial charge is 0.256 e. The number of piperidine rings is 1. The number of halogens is 1. The van der Waals surface area contributed by atoms with Crippen LogP contribution in [0.15, 0.2) is 42.7 Å². The zero-order chi connectivity index (χ0) is 19.0. The highest BCUT2D eigenvalue weighted by Crippen LogP contribution is 2.37. The van der Waals surface area contributed by atoms with Crippen LogP contribution in [0.1, 0.15) is 52.0 Å². The van der Waals surface area contributed by atoms with E-state index < -0.39 is 0 Å². The molecule has 27 heavy (non-hydrogen) atoms. The fraction of sp³-hybridized carbons (Fsp3) is 0.381. The first kappa shape index (κ1) is 17.6. The van der Waals surface area contributed by atoms with Crippen molar-refractivity contribution in [2.75, 3.05) is 0 Å². The molecule has 2 aromatic rings. The number of hydrogen-bond acceptors (Lipinski definition) is 3. The molecule has 3 heterocycles. The Morgan fingerprint density at radius 2 is 1.78 bits per heavy atom. The summed E-state index contributed by atoms with van der Waals surface area (Å²) >= 11 is 0. The van der Waals surface area contributed by atoms with E-state index in [0.717, 1.165) is 31.2 Å². The van der Waals surface area contributed by atoms with Crippen molar-refractivity contribution in [3.63, 3.8) is 0 Å². The predicted octanol–water partition coefficient (Wildman–Crippen LogP) is 3.09. The molecule has 0 radical (unpaired) electrons. The van der Waals surface area contributed by atoms with Gasteiger partial charge in [-0.25, -0.2) is 4.39 Å². The van der Waals surface area contributed by atoms with Crippen molar-refractivity contribution < 1.29 is 14.0 Å². The lowest BCUT2D eigenvalue weighted by molar-refractivity contribution is 0.0548. The molecule has 140 valence electrons. The Morgan fingerprint density at radius 3 is 2.41 bits per heavy atom. The Bertz CT molecular complexity index is 854. The lowest BCUT2D eigenvalue weighted by atomic mass is 9.95. The molecule has 0 spiro atoms. The number of aryl methyl sites for hydroxylation is 1. The van der Waals surface area contributed by atoms with Crippen LogP contribution < -0.4 is 5.32 Å². The van der Waals surface area contributed by atoms with Crippen molar-refractivity contribution in [1.29, 1.82) is 0 Å². The van der Waals surface area contributed by atoms with E-state index in [1.807, 2.05) is 17.9 Å². The third-order valence-electron chi connectivity index (χ3n) is 5.68. The molecule has 6 heteroatoms. The minimum atomic E-state index is -0.359. The fourth-order valence-corrected chi connectivity index (χ4v) is 4.32. The van der Waals surface area contributed by atoms with Crippen molar-refractivity contribution in [2.24, 2.45) is 0 Å². The molecule has 5 nitrogen and oxygen atoms in total. The maximum absolute atomic E-state index is 13.0. The normalized spacial score (nSPS) is 23.9. The summed E-state index contributed by atoms with van der Waals surface area (Å²) in [5, 5.41) is 3.05. The molecule has 3 atom stereocenters. The van der Waals surface area contributed by atoms with Crippen molar-refractivity contribution >= 4 is 11.8 Å². The van der Waals surface area contributed by atoms with Gasteiger partial charge in [0.25, 0.3) is 11.8 Å². The van der Waals surface area contributed by atoms with Crippen LogP contribution in [0.25, 0.3) is 0 Å². The van der Waals surface area contributed by atoms with Crippen LogP contribution in [-0.4, -0.2) is 39.8 Å². The number of carbonyl (C=O) groups is 2. The third-order valence-corrected chi connectivity index (χ3v) is 5.68. The first-order chi connectivity index (χ1) is 13.0. The largest absolute Gasteiger partial charge is 0.349 e. The molecule has 2 aliphatic heterocycles. The Morgan fingerprint density at radius 1 is 1.11 bits per heavy atom. The van der Waals surface area contributed by atoms with Gasteiger partial charge in [0.15, 0.2) is 0 Å². The fourth-order valence-electron chi connectivity index (χ4n) is 4.32. The van der Waals surface area contributed by atoms with Gasteiger partial charge >= 0.3 is 0 Å². The minimum absolute atomic E-state index is 0.0269. The van der Waals surface area contributed by atoms with Crippen LogP contribution in [0.3, 0.4) is 0 Å². The number of amides is 2. The molecule has 0 saturated carbocycles. The van der Waals surface area contributed by atoms with Crippen molar-refractivity contribution in [3.8, 4) is 0 Å². The highest BCUT2D eigenvalue weighted by molar-refractivity contribution is 5.96. The van der Waals surface area contributed by atoms with Crippen molar-refractivity contribution in [2.45, 2.75) is 50.7 Å². The van der Waals surface area contributed by atoms with E-state index >= 15 is 0 Å². The highest BCUT2D eigenvalue weighted by atomic mass is 19.1. The average Bonchev–Trinajstić information content (AvgIpc) is 2.93. The summed E-state index contributed by atoms with van der Waals surface area (Å²) in [6.45, 7) is 1.92. The first-order valence-corrected chi connectivity index (χ1v) is 9.32. The van der Waals surface area contributed by atoms with Crippen molar-refractivity contribution in [3.05, 3.63) is 65.2 Å². The molecule has 4 rings (SSSR count). The second kappa shape index (κ2) is 7.10. The van der Waals surface area contributed by atoms with Crippen LogP contribution in [0.5, 0.6) is 0 Å². The molecule has 2 saturated heterocycles. The van der Waals surface area contributed by atoms with Gasteiger partial charge in [-0.3, -0.25) is 14.6 Å². The number of nitrogens with zero attached hydrogens (tertiary/aromatic N) is 2. The first-order valence-electron chi connectivity index (χ1n) is 9.32. The third kappa shape index (κ3) is 3.44. The summed E-state index contributed by atoms with van der Waals surface area (Å²) in [7, 11) is 0. The van der Waals surface area contributed by atoms with E-state index in [2.05, 4.69) is 10.3 Å². The van der Waals surface area contributed by atoms with Crippen molar-refractivity contribution in [1.82, 2.24) is 15.2 Å². The Labute approximate surface area is 157 Å². The Kier molecular flexibility index (Phi) is 4.64. The zero-order valence-corrected chi connectivity index (χ0v) is 15.2. The summed E-state index contributed by atoms with van der Waals surface area (Å²) in [4.78, 5) is 31.5. The van der Waals surface area contributed by atoms with Gasteiger partial charge in [0.2, 0.25) is 0 Å². The summed E-state index contributed by atoms with van der Waals surface area (Å²) in [5.74, 6) is -0.513. The number of aromatic nitrogens is 1. The lowest BCUT2D eigenvalue weighted by Gasteiger charge is -2.39. The highest BCUT2D eigenvalue weighted by Gasteiger charge is 2.44. The average molecular weight is 367 g/mol. The SMILES string of the molecule is Cc1ccncc1C(=O)N1[C@@H]2CC[C@H]1CC(NC(=O)c1ccc(F)cc1)C2. The molecule has 1 unspecified atom stereocenters. The number of benzene rings is 1. The van der Waals surface area contributed by atoms with E-state index in [4.69, 9.17) is 0 Å². The van der Waals surface area contributed by atoms with Gasteiger partial charge in [-0.05, 0) is 68.5 Å². The van der Waals surface area contributed by atoms with Crippen LogP contribution in [0.2, 0.25) is 0 Å². The van der Waals surface area contributed by atoms with Gasteiger partial charge in [0.05, 0.1) is 5.56 Å². The van der Waals surface area contributed by atoms with E-state index in [-0.39, 0.29) is 35.8 Å².